The van der Waals surface area contributed by atoms with Crippen molar-refractivity contribution in [1.82, 2.24) is 4.90 Å². The topological polar surface area (TPSA) is 61.9 Å². The van der Waals surface area contributed by atoms with Crippen LogP contribution < -0.4 is 10.2 Å². The smallest absolute Gasteiger partial charge is 0.228 e. The molecular weight excluding hydrogens is 485 g/mol. The van der Waals surface area contributed by atoms with E-state index in [1.165, 1.54) is 0 Å². The van der Waals surface area contributed by atoms with E-state index < -0.39 is 0 Å². The summed E-state index contributed by atoms with van der Waals surface area (Å²) in [5, 5.41) is 2.95. The number of benzene rings is 2. The number of ketones is 1. The number of ether oxygens (including phenoxy) is 1. The van der Waals surface area contributed by atoms with Gasteiger partial charge in [-0.25, -0.2) is 0 Å². The third kappa shape index (κ3) is 9.80. The highest BCUT2D eigenvalue weighted by atomic mass is 35.5. The zero-order chi connectivity index (χ0) is 24.9. The summed E-state index contributed by atoms with van der Waals surface area (Å²) in [5.41, 5.74) is 3.59. The van der Waals surface area contributed by atoms with Gasteiger partial charge in [-0.3, -0.25) is 14.5 Å². The lowest BCUT2D eigenvalue weighted by Crippen LogP contribution is -2.37. The molecule has 1 amide bonds. The van der Waals surface area contributed by atoms with Crippen molar-refractivity contribution >= 4 is 46.3 Å². The Morgan fingerprint density at radius 3 is 2.34 bits per heavy atom. The summed E-state index contributed by atoms with van der Waals surface area (Å²) < 4.78 is 5.36. The fourth-order valence-electron chi connectivity index (χ4n) is 4.19. The summed E-state index contributed by atoms with van der Waals surface area (Å²) in [4.78, 5) is 29.5. The van der Waals surface area contributed by atoms with E-state index in [1.54, 1.807) is 0 Å². The highest BCUT2D eigenvalue weighted by Crippen LogP contribution is 2.17. The van der Waals surface area contributed by atoms with Gasteiger partial charge in [-0.1, -0.05) is 24.3 Å². The number of nitrogens with zero attached hydrogens (tertiary/aromatic N) is 2. The number of anilines is 2. The Morgan fingerprint density at radius 2 is 1.66 bits per heavy atom. The molecule has 0 spiro atoms. The van der Waals surface area contributed by atoms with Crippen LogP contribution in [0.4, 0.5) is 11.4 Å². The number of alkyl halides is 2. The second kappa shape index (κ2) is 15.1. The van der Waals surface area contributed by atoms with Gasteiger partial charge < -0.3 is 15.0 Å². The predicted octanol–water partition coefficient (Wildman–Crippen LogP) is 4.38. The molecule has 1 aliphatic heterocycles. The third-order valence-electron chi connectivity index (χ3n) is 6.02. The van der Waals surface area contributed by atoms with Crippen LogP contribution in [0.15, 0.2) is 48.5 Å². The van der Waals surface area contributed by atoms with Crippen LogP contribution in [0, 0.1) is 0 Å². The fourth-order valence-corrected chi connectivity index (χ4v) is 4.60. The molecular formula is C27H35Cl2N3O3. The molecule has 0 unspecified atom stereocenters. The van der Waals surface area contributed by atoms with Crippen molar-refractivity contribution in [2.45, 2.75) is 25.7 Å². The Labute approximate surface area is 218 Å². The molecule has 8 heteroatoms. The molecule has 0 aromatic heterocycles. The van der Waals surface area contributed by atoms with Gasteiger partial charge in [0.2, 0.25) is 5.91 Å². The Kier molecular flexibility index (Phi) is 11.8. The van der Waals surface area contributed by atoms with E-state index in [9.17, 15) is 9.59 Å². The minimum absolute atomic E-state index is 0.0925. The molecule has 1 fully saturated rings. The van der Waals surface area contributed by atoms with E-state index in [4.69, 9.17) is 27.9 Å². The number of rotatable bonds is 14. The SMILES string of the molecule is O=C(CCCN1CCOCC1)Cc1cccc(NC(=O)Cc2ccc(N(CCCl)CCCl)cc2)c1. The van der Waals surface area contributed by atoms with Gasteiger partial charge in [0.1, 0.15) is 5.78 Å². The van der Waals surface area contributed by atoms with E-state index in [1.807, 2.05) is 48.5 Å². The molecule has 0 atom stereocenters. The average Bonchev–Trinajstić information content (AvgIpc) is 2.85. The van der Waals surface area contributed by atoms with Crippen molar-refractivity contribution in [3.8, 4) is 0 Å². The van der Waals surface area contributed by atoms with Crippen LogP contribution >= 0.6 is 23.2 Å². The quantitative estimate of drug-likeness (QED) is 0.375. The third-order valence-corrected chi connectivity index (χ3v) is 6.36. The van der Waals surface area contributed by atoms with E-state index in [-0.39, 0.29) is 18.1 Å². The molecule has 1 aliphatic rings. The van der Waals surface area contributed by atoms with Crippen LogP contribution in [0.25, 0.3) is 0 Å². The molecule has 2 aromatic rings. The zero-order valence-corrected chi connectivity index (χ0v) is 21.7. The lowest BCUT2D eigenvalue weighted by Gasteiger charge is -2.26. The number of hydrogen-bond acceptors (Lipinski definition) is 5. The van der Waals surface area contributed by atoms with E-state index >= 15 is 0 Å². The Hall–Kier alpha value is -2.12. The first-order valence-electron chi connectivity index (χ1n) is 12.2. The van der Waals surface area contributed by atoms with Crippen molar-refractivity contribution in [2.24, 2.45) is 0 Å². The van der Waals surface area contributed by atoms with Gasteiger partial charge in [0.25, 0.3) is 0 Å². The maximum atomic E-state index is 12.6. The zero-order valence-electron chi connectivity index (χ0n) is 20.2. The lowest BCUT2D eigenvalue weighted by atomic mass is 10.0. The van der Waals surface area contributed by atoms with Crippen LogP contribution in [0.3, 0.4) is 0 Å². The summed E-state index contributed by atoms with van der Waals surface area (Å²) in [6, 6.07) is 15.4. The lowest BCUT2D eigenvalue weighted by molar-refractivity contribution is -0.118. The van der Waals surface area contributed by atoms with Gasteiger partial charge in [-0.05, 0) is 48.4 Å². The number of nitrogens with one attached hydrogen (secondary N) is 1. The number of hydrogen-bond donors (Lipinski definition) is 1. The molecule has 2 aromatic carbocycles. The van der Waals surface area contributed by atoms with E-state index in [2.05, 4.69) is 15.1 Å². The fraction of sp³-hybridized carbons (Fsp3) is 0.481. The van der Waals surface area contributed by atoms with E-state index in [0.29, 0.717) is 30.3 Å². The molecule has 0 saturated carbocycles. The van der Waals surface area contributed by atoms with Gasteiger partial charge in [0.15, 0.2) is 0 Å². The van der Waals surface area contributed by atoms with Gasteiger partial charge >= 0.3 is 0 Å². The Bertz CT molecular complexity index is 928. The molecule has 1 heterocycles. The van der Waals surface area contributed by atoms with Gasteiger partial charge in [-0.15, -0.1) is 23.2 Å². The second-order valence-electron chi connectivity index (χ2n) is 8.73. The van der Waals surface area contributed by atoms with Crippen LogP contribution in [0.2, 0.25) is 0 Å². The Morgan fingerprint density at radius 1 is 0.943 bits per heavy atom. The molecule has 0 aliphatic carbocycles. The maximum absolute atomic E-state index is 12.6. The molecule has 1 N–H and O–H groups in total. The van der Waals surface area contributed by atoms with Crippen molar-refractivity contribution in [3.05, 3.63) is 59.7 Å². The summed E-state index contributed by atoms with van der Waals surface area (Å²) in [5.74, 6) is 1.18. The van der Waals surface area contributed by atoms with Crippen LogP contribution in [0.5, 0.6) is 0 Å². The standard InChI is InChI=1S/C27H35Cl2N3O3/c28-10-13-32(14-11-29)25-8-6-22(7-9-25)21-27(34)30-24-4-1-3-23(19-24)20-26(33)5-2-12-31-15-17-35-18-16-31/h1,3-4,6-9,19H,2,5,10-18,20-21H2,(H,30,34). The number of Topliss-reactive ketones (excluding diaryl/α,β-unsaturated/α-hetero) is 1. The normalized spacial score (nSPS) is 14.0. The van der Waals surface area contributed by atoms with Gasteiger partial charge in [-0.2, -0.15) is 0 Å². The summed E-state index contributed by atoms with van der Waals surface area (Å²) in [6.45, 7) is 5.82. The van der Waals surface area contributed by atoms with E-state index in [0.717, 1.165) is 69.2 Å². The molecule has 0 bridgehead atoms. The monoisotopic (exact) mass is 519 g/mol. The van der Waals surface area contributed by atoms with Gasteiger partial charge in [0.05, 0.1) is 19.6 Å². The van der Waals surface area contributed by atoms with Gasteiger partial charge in [0, 0.05) is 62.2 Å². The van der Waals surface area contributed by atoms with Crippen LogP contribution in [0.1, 0.15) is 24.0 Å². The average molecular weight is 521 g/mol. The predicted molar refractivity (Wildman–Crippen MR) is 144 cm³/mol. The van der Waals surface area contributed by atoms with Crippen molar-refractivity contribution < 1.29 is 14.3 Å². The van der Waals surface area contributed by atoms with Crippen molar-refractivity contribution in [1.29, 1.82) is 0 Å². The Balaban J connectivity index is 1.45. The minimum atomic E-state index is -0.0925. The number of carbonyl (C=O) groups is 2. The molecule has 35 heavy (non-hydrogen) atoms. The van der Waals surface area contributed by atoms with Crippen LogP contribution in [-0.2, 0) is 27.2 Å². The first kappa shape index (κ1) is 27.5. The maximum Gasteiger partial charge on any atom is 0.228 e. The first-order chi connectivity index (χ1) is 17.1. The largest absolute Gasteiger partial charge is 0.379 e. The molecule has 6 nitrogen and oxygen atoms in total. The first-order valence-corrected chi connectivity index (χ1v) is 13.3. The van der Waals surface area contributed by atoms with Crippen molar-refractivity contribution in [3.63, 3.8) is 0 Å². The number of carbonyl (C=O) groups excluding carboxylic acids is 2. The highest BCUT2D eigenvalue weighted by molar-refractivity contribution is 6.18. The number of halogens is 2. The molecule has 190 valence electrons. The minimum Gasteiger partial charge on any atom is -0.379 e. The summed E-state index contributed by atoms with van der Waals surface area (Å²) >= 11 is 11.8. The number of amides is 1. The van der Waals surface area contributed by atoms with Crippen molar-refractivity contribution in [2.75, 3.05) is 67.9 Å². The summed E-state index contributed by atoms with van der Waals surface area (Å²) in [6.07, 6.45) is 2.09. The highest BCUT2D eigenvalue weighted by Gasteiger charge is 2.12. The van der Waals surface area contributed by atoms with Crippen LogP contribution in [-0.4, -0.2) is 74.3 Å². The molecule has 0 radical (unpaired) electrons. The summed E-state index contributed by atoms with van der Waals surface area (Å²) in [7, 11) is 0. The molecule has 3 rings (SSSR count). The number of morpholine rings is 1. The molecule has 1 saturated heterocycles. The second-order valence-corrected chi connectivity index (χ2v) is 9.49.